The number of rotatable bonds is 1. The number of hydrogen-bond acceptors (Lipinski definition) is 2. The predicted molar refractivity (Wildman–Crippen MR) is 65.0 cm³/mol. The number of hydrogen-bond donors (Lipinski definition) is 0. The van der Waals surface area contributed by atoms with Crippen molar-refractivity contribution in [2.24, 2.45) is 0 Å². The standard InChI is InChI=1S/C11H12N2.C2H6/c1-8(2)10-5-3-4-9-6-12-7-13-11(9)10;1-2/h3-8H,1-2H3;1-2H3. The zero-order valence-electron chi connectivity index (χ0n) is 9.86. The Bertz CT molecular complexity index is 416. The highest BCUT2D eigenvalue weighted by Gasteiger charge is 2.04. The number of para-hydroxylation sites is 1. The third-order valence-electron chi connectivity index (χ3n) is 2.19. The van der Waals surface area contributed by atoms with Gasteiger partial charge in [0.2, 0.25) is 0 Å². The summed E-state index contributed by atoms with van der Waals surface area (Å²) in [4.78, 5) is 8.29. The van der Waals surface area contributed by atoms with Gasteiger partial charge in [-0.25, -0.2) is 9.97 Å². The first-order valence-corrected chi connectivity index (χ1v) is 5.47. The van der Waals surface area contributed by atoms with Crippen molar-refractivity contribution in [3.05, 3.63) is 36.3 Å². The molecule has 0 radical (unpaired) electrons. The van der Waals surface area contributed by atoms with Crippen molar-refractivity contribution in [1.82, 2.24) is 9.97 Å². The maximum Gasteiger partial charge on any atom is 0.116 e. The van der Waals surface area contributed by atoms with Crippen molar-refractivity contribution in [2.45, 2.75) is 33.6 Å². The summed E-state index contributed by atoms with van der Waals surface area (Å²) in [5.41, 5.74) is 2.37. The van der Waals surface area contributed by atoms with E-state index in [9.17, 15) is 0 Å². The topological polar surface area (TPSA) is 25.8 Å². The lowest BCUT2D eigenvalue weighted by Gasteiger charge is -2.07. The van der Waals surface area contributed by atoms with Gasteiger partial charge in [-0.2, -0.15) is 0 Å². The Hall–Kier alpha value is -1.44. The fourth-order valence-corrected chi connectivity index (χ4v) is 1.50. The largest absolute Gasteiger partial charge is 0.244 e. The van der Waals surface area contributed by atoms with Crippen molar-refractivity contribution < 1.29 is 0 Å². The van der Waals surface area contributed by atoms with Crippen LogP contribution >= 0.6 is 0 Å². The van der Waals surface area contributed by atoms with E-state index in [-0.39, 0.29) is 0 Å². The molecule has 0 aliphatic heterocycles. The molecule has 0 unspecified atom stereocenters. The molecule has 2 rings (SSSR count). The third kappa shape index (κ3) is 2.52. The van der Waals surface area contributed by atoms with E-state index in [2.05, 4.69) is 35.9 Å². The van der Waals surface area contributed by atoms with Gasteiger partial charge in [0.1, 0.15) is 6.33 Å². The molecule has 0 aliphatic rings. The zero-order valence-corrected chi connectivity index (χ0v) is 9.86. The lowest BCUT2D eigenvalue weighted by molar-refractivity contribution is 0.872. The molecule has 15 heavy (non-hydrogen) atoms. The van der Waals surface area contributed by atoms with Gasteiger partial charge in [0, 0.05) is 11.6 Å². The molecule has 0 saturated carbocycles. The second kappa shape index (κ2) is 5.44. The van der Waals surface area contributed by atoms with E-state index in [1.807, 2.05) is 26.1 Å². The molecular formula is C13H18N2. The second-order valence-corrected chi connectivity index (χ2v) is 3.46. The highest BCUT2D eigenvalue weighted by atomic mass is 14.8. The first kappa shape index (κ1) is 11.6. The maximum absolute atomic E-state index is 4.29. The van der Waals surface area contributed by atoms with Crippen LogP contribution in [-0.2, 0) is 0 Å². The molecule has 0 bridgehead atoms. The molecule has 1 heterocycles. The van der Waals surface area contributed by atoms with Gasteiger partial charge in [-0.1, -0.05) is 45.9 Å². The molecular weight excluding hydrogens is 184 g/mol. The quantitative estimate of drug-likeness (QED) is 0.703. The summed E-state index contributed by atoms with van der Waals surface area (Å²) in [5, 5.41) is 1.12. The van der Waals surface area contributed by atoms with Crippen molar-refractivity contribution in [2.75, 3.05) is 0 Å². The molecule has 0 N–H and O–H groups in total. The van der Waals surface area contributed by atoms with Crippen LogP contribution < -0.4 is 0 Å². The van der Waals surface area contributed by atoms with Gasteiger partial charge < -0.3 is 0 Å². The molecule has 0 fully saturated rings. The Morgan fingerprint density at radius 2 is 1.87 bits per heavy atom. The van der Waals surface area contributed by atoms with Crippen LogP contribution in [0.2, 0.25) is 0 Å². The highest BCUT2D eigenvalue weighted by molar-refractivity contribution is 5.81. The Labute approximate surface area is 91.4 Å². The lowest BCUT2D eigenvalue weighted by atomic mass is 10.0. The van der Waals surface area contributed by atoms with Crippen molar-refractivity contribution >= 4 is 10.9 Å². The summed E-state index contributed by atoms with van der Waals surface area (Å²) < 4.78 is 0. The molecule has 2 heteroatoms. The third-order valence-corrected chi connectivity index (χ3v) is 2.19. The lowest BCUT2D eigenvalue weighted by Crippen LogP contribution is -1.91. The zero-order chi connectivity index (χ0) is 11.3. The van der Waals surface area contributed by atoms with Crippen LogP contribution in [0, 0.1) is 0 Å². The molecule has 1 aromatic carbocycles. The summed E-state index contributed by atoms with van der Waals surface area (Å²) in [6, 6.07) is 6.22. The fraction of sp³-hybridized carbons (Fsp3) is 0.385. The summed E-state index contributed by atoms with van der Waals surface area (Å²) >= 11 is 0. The number of nitrogens with zero attached hydrogens (tertiary/aromatic N) is 2. The van der Waals surface area contributed by atoms with E-state index in [0.29, 0.717) is 5.92 Å². The maximum atomic E-state index is 4.29. The van der Waals surface area contributed by atoms with Crippen LogP contribution in [0.1, 0.15) is 39.2 Å². The van der Waals surface area contributed by atoms with E-state index < -0.39 is 0 Å². The van der Waals surface area contributed by atoms with E-state index in [1.54, 1.807) is 6.33 Å². The fourth-order valence-electron chi connectivity index (χ4n) is 1.50. The van der Waals surface area contributed by atoms with Crippen LogP contribution in [-0.4, -0.2) is 9.97 Å². The van der Waals surface area contributed by atoms with E-state index in [1.165, 1.54) is 5.56 Å². The Morgan fingerprint density at radius 3 is 2.53 bits per heavy atom. The molecule has 1 aromatic heterocycles. The average Bonchev–Trinajstić information content (AvgIpc) is 2.31. The smallest absolute Gasteiger partial charge is 0.116 e. The highest BCUT2D eigenvalue weighted by Crippen LogP contribution is 2.22. The van der Waals surface area contributed by atoms with Gasteiger partial charge in [-0.15, -0.1) is 0 Å². The number of fused-ring (bicyclic) bond motifs is 1. The minimum Gasteiger partial charge on any atom is -0.244 e. The summed E-state index contributed by atoms with van der Waals surface area (Å²) in [6.07, 6.45) is 3.46. The van der Waals surface area contributed by atoms with Crippen LogP contribution in [0.4, 0.5) is 0 Å². The Kier molecular flexibility index (Phi) is 4.22. The first-order chi connectivity index (χ1) is 7.29. The summed E-state index contributed by atoms with van der Waals surface area (Å²) in [7, 11) is 0. The van der Waals surface area contributed by atoms with Gasteiger partial charge >= 0.3 is 0 Å². The molecule has 80 valence electrons. The molecule has 0 atom stereocenters. The summed E-state index contributed by atoms with van der Waals surface area (Å²) in [6.45, 7) is 8.35. The molecule has 2 nitrogen and oxygen atoms in total. The normalized spacial score (nSPS) is 9.93. The Balaban J connectivity index is 0.000000531. The van der Waals surface area contributed by atoms with Crippen molar-refractivity contribution in [3.63, 3.8) is 0 Å². The monoisotopic (exact) mass is 202 g/mol. The van der Waals surface area contributed by atoms with E-state index in [0.717, 1.165) is 10.9 Å². The summed E-state index contributed by atoms with van der Waals surface area (Å²) in [5.74, 6) is 0.513. The molecule has 0 spiro atoms. The van der Waals surface area contributed by atoms with Gasteiger partial charge in [0.05, 0.1) is 5.52 Å². The van der Waals surface area contributed by atoms with Crippen molar-refractivity contribution in [3.8, 4) is 0 Å². The number of aromatic nitrogens is 2. The molecule has 2 aromatic rings. The minimum atomic E-state index is 0.513. The van der Waals surface area contributed by atoms with Gasteiger partial charge in [0.25, 0.3) is 0 Å². The van der Waals surface area contributed by atoms with Crippen LogP contribution in [0.25, 0.3) is 10.9 Å². The van der Waals surface area contributed by atoms with Crippen LogP contribution in [0.3, 0.4) is 0 Å². The number of benzene rings is 1. The van der Waals surface area contributed by atoms with Gasteiger partial charge in [0.15, 0.2) is 0 Å². The molecule has 0 saturated heterocycles. The first-order valence-electron chi connectivity index (χ1n) is 5.47. The van der Waals surface area contributed by atoms with E-state index >= 15 is 0 Å². The van der Waals surface area contributed by atoms with Gasteiger partial charge in [-0.05, 0) is 11.5 Å². The average molecular weight is 202 g/mol. The van der Waals surface area contributed by atoms with Crippen LogP contribution in [0.5, 0.6) is 0 Å². The predicted octanol–water partition coefficient (Wildman–Crippen LogP) is 3.78. The van der Waals surface area contributed by atoms with Crippen molar-refractivity contribution in [1.29, 1.82) is 0 Å². The Morgan fingerprint density at radius 1 is 1.13 bits per heavy atom. The van der Waals surface area contributed by atoms with E-state index in [4.69, 9.17) is 0 Å². The SMILES string of the molecule is CC.CC(C)c1cccc2cncnc12. The van der Waals surface area contributed by atoms with Gasteiger partial charge in [-0.3, -0.25) is 0 Å². The minimum absolute atomic E-state index is 0.513. The van der Waals surface area contributed by atoms with Crippen LogP contribution in [0.15, 0.2) is 30.7 Å². The molecule has 0 amide bonds. The second-order valence-electron chi connectivity index (χ2n) is 3.46. The molecule has 0 aliphatic carbocycles.